The fraction of sp³-hybridized carbons (Fsp3) is 0.265. The summed E-state index contributed by atoms with van der Waals surface area (Å²) in [4.78, 5) is 88.5. The Morgan fingerprint density at radius 2 is 0.766 bits per heavy atom. The number of nitrogens with one attached hydrogen (secondary N) is 7. The van der Waals surface area contributed by atoms with Crippen LogP contribution < -0.4 is 66.6 Å². The second-order valence-electron chi connectivity index (χ2n) is 29.9. The predicted molar refractivity (Wildman–Crippen MR) is 497 cm³/mol. The van der Waals surface area contributed by atoms with Gasteiger partial charge in [0.05, 0.1) is 84.8 Å². The normalized spacial score (nSPS) is 12.3. The van der Waals surface area contributed by atoms with Gasteiger partial charge in [-0.05, 0) is 200 Å². The van der Waals surface area contributed by atoms with E-state index in [1.807, 2.05) is 54.6 Å². The largest absolute Gasteiger partial charge is 0.504 e. The van der Waals surface area contributed by atoms with E-state index in [1.54, 1.807) is 160 Å². The van der Waals surface area contributed by atoms with Gasteiger partial charge in [-0.15, -0.1) is 0 Å². The molecule has 2 aliphatic carbocycles. The second kappa shape index (κ2) is 46.9. The highest BCUT2D eigenvalue weighted by Gasteiger charge is 2.31. The molecule has 3 heterocycles. The minimum Gasteiger partial charge on any atom is -0.504 e. The monoisotopic (exact) mass is 1730 g/mol. The zero-order chi connectivity index (χ0) is 87.7. The van der Waals surface area contributed by atoms with E-state index >= 15 is 0 Å². The van der Waals surface area contributed by atoms with Crippen molar-refractivity contribution in [1.82, 2.24) is 20.3 Å². The number of amides is 4. The molecule has 12 aromatic rings. The molecule has 4 amide bonds. The summed E-state index contributed by atoms with van der Waals surface area (Å²) < 4.78 is 45.0. The number of methoxy groups -OCH3 is 3. The van der Waals surface area contributed by atoms with Crippen molar-refractivity contribution in [2.75, 3.05) is 66.4 Å². The number of alkyl carbamates (subject to hydrolysis) is 1. The Hall–Kier alpha value is -15.5. The molecule has 659 valence electrons. The molecular formula is C98H104BN14O15. The Balaban J connectivity index is 0.000000239. The number of pyridine rings is 3. The first kappa shape index (κ1) is 98.0. The molecule has 0 saturated heterocycles. The molecule has 2 fully saturated rings. The molecule has 0 spiro atoms. The van der Waals surface area contributed by atoms with Crippen molar-refractivity contribution in [1.29, 1.82) is 15.8 Å². The lowest BCUT2D eigenvalue weighted by Gasteiger charge is -2.24. The van der Waals surface area contributed by atoms with E-state index in [9.17, 15) is 49.7 Å². The SMILES string of the molecule is C.C.C.COc1cc2c(Nc3ccc(NC(=O)c4ccccc4)cc3)c(C#N)cnc2cc1O.COc1cc2c(Nc3ccc(NC(=O)c4ccccc4)cc3)c(C#N)cnc2cc1OCCC(N)C(=O)OC1CCCC1.COc1cc2c(Nc3ccc(NC(=O)c4ccccc4)cc3)c(C#N)cnc2cc1OCCC(NC(=O)OC(C)(C)C)C(=O)OC1CCCC1.[B]. The Morgan fingerprint density at radius 3 is 1.10 bits per heavy atom. The van der Waals surface area contributed by atoms with Gasteiger partial charge in [0, 0.05) is 125 Å². The van der Waals surface area contributed by atoms with E-state index in [4.69, 9.17) is 43.6 Å². The summed E-state index contributed by atoms with van der Waals surface area (Å²) in [7, 11) is 4.48. The minimum absolute atomic E-state index is 0. The van der Waals surface area contributed by atoms with Crippen LogP contribution in [0.4, 0.5) is 56.0 Å². The molecule has 3 aromatic heterocycles. The van der Waals surface area contributed by atoms with Gasteiger partial charge in [0.1, 0.15) is 48.1 Å². The van der Waals surface area contributed by atoms with Crippen LogP contribution in [-0.2, 0) is 23.8 Å². The van der Waals surface area contributed by atoms with Gasteiger partial charge in [-0.3, -0.25) is 34.1 Å². The zero-order valence-corrected chi connectivity index (χ0v) is 69.6. The maximum absolute atomic E-state index is 13.1. The van der Waals surface area contributed by atoms with E-state index in [-0.39, 0.29) is 98.2 Å². The summed E-state index contributed by atoms with van der Waals surface area (Å²) in [6.07, 6.45) is 11.4. The van der Waals surface area contributed by atoms with Crippen molar-refractivity contribution in [2.45, 2.75) is 137 Å². The minimum atomic E-state index is -0.984. The average Bonchev–Trinajstić information content (AvgIpc) is 0.956. The summed E-state index contributed by atoms with van der Waals surface area (Å²) in [5, 5.41) is 62.3. The van der Waals surface area contributed by atoms with E-state index in [0.29, 0.717) is 140 Å². The highest BCUT2D eigenvalue weighted by Crippen LogP contribution is 2.41. The van der Waals surface area contributed by atoms with Gasteiger partial charge >= 0.3 is 18.0 Å². The summed E-state index contributed by atoms with van der Waals surface area (Å²) in [5.41, 5.74) is 15.2. The molecule has 2 atom stereocenters. The highest BCUT2D eigenvalue weighted by molar-refractivity contribution is 6.07. The van der Waals surface area contributed by atoms with Crippen LogP contribution in [0.2, 0.25) is 0 Å². The first-order valence-electron chi connectivity index (χ1n) is 40.1. The van der Waals surface area contributed by atoms with E-state index in [2.05, 4.69) is 70.4 Å². The Bertz CT molecular complexity index is 5940. The summed E-state index contributed by atoms with van der Waals surface area (Å²) in [6, 6.07) is 63.0. The molecular weight excluding hydrogens is 1620 g/mol. The number of benzene rings is 9. The number of fused-ring (bicyclic) bond motifs is 3. The number of aromatic hydroxyl groups is 1. The summed E-state index contributed by atoms with van der Waals surface area (Å²) in [5.74, 6) is 0.304. The van der Waals surface area contributed by atoms with Crippen molar-refractivity contribution in [2.24, 2.45) is 5.73 Å². The third kappa shape index (κ3) is 26.3. The van der Waals surface area contributed by atoms with Crippen LogP contribution in [0.5, 0.6) is 34.5 Å². The van der Waals surface area contributed by atoms with E-state index in [1.165, 1.54) is 46.0 Å². The number of rotatable bonds is 28. The fourth-order valence-electron chi connectivity index (χ4n) is 13.6. The lowest BCUT2D eigenvalue weighted by atomic mass is 10.1. The smallest absolute Gasteiger partial charge is 0.408 e. The van der Waals surface area contributed by atoms with Gasteiger partial charge < -0.3 is 86.0 Å². The van der Waals surface area contributed by atoms with Crippen molar-refractivity contribution in [3.8, 4) is 52.7 Å². The number of anilines is 9. The molecule has 2 aliphatic rings. The molecule has 29 nitrogen and oxygen atoms in total. The number of hydrogen-bond acceptors (Lipinski definition) is 25. The van der Waals surface area contributed by atoms with E-state index < -0.39 is 35.7 Å². The molecule has 0 aliphatic heterocycles. The number of carbonyl (C=O) groups is 6. The Labute approximate surface area is 746 Å². The topological polar surface area (TPSA) is 417 Å². The molecule has 10 N–H and O–H groups in total. The van der Waals surface area contributed by atoms with Crippen molar-refractivity contribution in [3.63, 3.8) is 0 Å². The van der Waals surface area contributed by atoms with Gasteiger partial charge in [0.15, 0.2) is 34.5 Å². The van der Waals surface area contributed by atoms with Crippen LogP contribution in [-0.4, -0.2) is 129 Å². The number of phenolic OH excluding ortho intramolecular Hbond substituents is 1. The van der Waals surface area contributed by atoms with Crippen molar-refractivity contribution in [3.05, 3.63) is 252 Å². The number of nitrogens with zero attached hydrogens (tertiary/aromatic N) is 6. The number of hydrogen-bond donors (Lipinski definition) is 9. The molecule has 0 bridgehead atoms. The summed E-state index contributed by atoms with van der Waals surface area (Å²) >= 11 is 0. The molecule has 30 heteroatoms. The number of nitrogens with two attached hydrogens (primary N) is 1. The first-order chi connectivity index (χ1) is 60.1. The van der Waals surface area contributed by atoms with Gasteiger partial charge in [-0.2, -0.15) is 15.8 Å². The molecule has 128 heavy (non-hydrogen) atoms. The number of nitriles is 3. The third-order valence-corrected chi connectivity index (χ3v) is 20.0. The lowest BCUT2D eigenvalue weighted by Crippen LogP contribution is -2.45. The Kier molecular flexibility index (Phi) is 35.9. The highest BCUT2D eigenvalue weighted by atomic mass is 16.6. The number of carbonyl (C=O) groups excluding carboxylic acids is 6. The molecule has 14 rings (SSSR count). The summed E-state index contributed by atoms with van der Waals surface area (Å²) in [6.45, 7) is 5.44. The first-order valence-corrected chi connectivity index (χ1v) is 40.1. The predicted octanol–water partition coefficient (Wildman–Crippen LogP) is 19.3. The van der Waals surface area contributed by atoms with Gasteiger partial charge in [-0.25, -0.2) is 9.59 Å². The number of phenols is 1. The average molecular weight is 1730 g/mol. The maximum atomic E-state index is 13.1. The lowest BCUT2D eigenvalue weighted by molar-refractivity contribution is -0.152. The maximum Gasteiger partial charge on any atom is 0.408 e. The number of ether oxygens (including phenoxy) is 8. The molecule has 2 unspecified atom stereocenters. The van der Waals surface area contributed by atoms with Crippen LogP contribution in [0.3, 0.4) is 0 Å². The van der Waals surface area contributed by atoms with E-state index in [0.717, 1.165) is 51.4 Å². The van der Waals surface area contributed by atoms with Crippen molar-refractivity contribution >= 4 is 128 Å². The zero-order valence-electron chi connectivity index (χ0n) is 69.6. The quantitative estimate of drug-likeness (QED) is 0.0125. The fourth-order valence-corrected chi connectivity index (χ4v) is 13.6. The second-order valence-corrected chi connectivity index (χ2v) is 29.9. The van der Waals surface area contributed by atoms with Crippen LogP contribution in [0.25, 0.3) is 32.7 Å². The molecule has 2 saturated carbocycles. The van der Waals surface area contributed by atoms with Crippen molar-refractivity contribution < 1.29 is 71.8 Å². The van der Waals surface area contributed by atoms with Crippen LogP contribution in [0, 0.1) is 34.0 Å². The van der Waals surface area contributed by atoms with Crippen LogP contribution in [0.15, 0.2) is 219 Å². The van der Waals surface area contributed by atoms with Gasteiger partial charge in [0.2, 0.25) is 0 Å². The standard InChI is InChI=1S/C38H41N5O7.C33H33N5O5.C24H18N4O3.3CH4.B/c1-38(2,3)50-37(46)43-30(36(45)49-28-12-8-9-13-28)18-19-48-33-21-31-29(20-32(33)47-4)34(25(22-39)23-40-31)41-26-14-16-27(17-15-26)42-35(44)24-10-6-5-7-11-24;1-41-29-17-26-28(18-30(29)42-16-15-27(35)33(40)43-25-9-5-6-10-25)36-20-22(19-34)31(26)37-23-11-13-24(14-12-23)38-32(39)21-7-3-2-4-8-21;1-31-22-11-19-20(12-21(22)29)26-14-16(13-25)23(19)27-17-7-9-18(10-8-17)28-24(30)15-5-3-2-4-6-15;;;;/h5-7,10-11,14-17,20-21,23,28,30H,8-9,12-13,18-19H2,1-4H3,(H,40,41)(H,42,44)(H,43,46);2-4,7-8,11-14,17-18,20,25,27H,5-6,9-10,15-16,35H2,1H3,(H,36,37)(H,38,39);2-12,14,29H,1H3,(H,26,27)(H,28,30);3*1H4;. The third-order valence-electron chi connectivity index (χ3n) is 20.0. The number of aromatic nitrogens is 3. The van der Waals surface area contributed by atoms with Crippen LogP contribution >= 0.6 is 0 Å². The Morgan fingerprint density at radius 1 is 0.445 bits per heavy atom. The molecule has 3 radical (unpaired) electrons. The van der Waals surface area contributed by atoms with Gasteiger partial charge in [-0.1, -0.05) is 76.9 Å². The van der Waals surface area contributed by atoms with Gasteiger partial charge in [0.25, 0.3) is 17.7 Å². The van der Waals surface area contributed by atoms with Crippen LogP contribution in [0.1, 0.15) is 155 Å². The molecule has 9 aromatic carbocycles. The number of esters is 2.